The minimum absolute atomic E-state index is 0.276. The number of nitrogen functional groups attached to an aromatic ring is 1. The lowest BCUT2D eigenvalue weighted by Gasteiger charge is -2.09. The Morgan fingerprint density at radius 3 is 2.72 bits per heavy atom. The maximum absolute atomic E-state index is 13.9. The zero-order chi connectivity index (χ0) is 13.3. The van der Waals surface area contributed by atoms with E-state index in [0.717, 1.165) is 12.1 Å². The lowest BCUT2D eigenvalue weighted by molar-refractivity contribution is 0.625. The molecular weight excluding hydrogens is 253 g/mol. The third-order valence-corrected chi connectivity index (χ3v) is 3.01. The van der Waals surface area contributed by atoms with Gasteiger partial charge in [-0.1, -0.05) is 31.5 Å². The first-order chi connectivity index (χ1) is 8.50. The van der Waals surface area contributed by atoms with Crippen LogP contribution in [0.2, 0.25) is 5.02 Å². The van der Waals surface area contributed by atoms with E-state index in [4.69, 9.17) is 17.3 Å². The highest BCUT2D eigenvalue weighted by Crippen LogP contribution is 2.36. The highest BCUT2D eigenvalue weighted by Gasteiger charge is 2.19. The molecule has 0 bridgehead atoms. The number of benzene rings is 1. The number of aromatic amines is 1. The number of anilines is 1. The maximum Gasteiger partial charge on any atom is 0.153 e. The van der Waals surface area contributed by atoms with Crippen LogP contribution in [-0.2, 0) is 6.42 Å². The van der Waals surface area contributed by atoms with E-state index in [2.05, 4.69) is 24.0 Å². The normalized spacial score (nSPS) is 11.2. The molecule has 0 spiro atoms. The van der Waals surface area contributed by atoms with E-state index in [0.29, 0.717) is 22.1 Å². The van der Waals surface area contributed by atoms with Gasteiger partial charge in [-0.2, -0.15) is 5.10 Å². The van der Waals surface area contributed by atoms with Gasteiger partial charge in [-0.15, -0.1) is 0 Å². The van der Waals surface area contributed by atoms with Crippen molar-refractivity contribution < 1.29 is 4.39 Å². The van der Waals surface area contributed by atoms with Crippen molar-refractivity contribution in [1.82, 2.24) is 10.2 Å². The third kappa shape index (κ3) is 2.34. The van der Waals surface area contributed by atoms with Gasteiger partial charge >= 0.3 is 0 Å². The Bertz CT molecular complexity index is 543. The molecule has 1 aromatic carbocycles. The van der Waals surface area contributed by atoms with E-state index in [1.54, 1.807) is 12.1 Å². The molecular formula is C13H15ClFN3. The van der Waals surface area contributed by atoms with E-state index in [9.17, 15) is 4.39 Å². The summed E-state index contributed by atoms with van der Waals surface area (Å²) in [5, 5.41) is 7.15. The van der Waals surface area contributed by atoms with Gasteiger partial charge in [0.05, 0.1) is 10.6 Å². The molecule has 5 heteroatoms. The molecule has 0 fully saturated rings. The molecule has 96 valence electrons. The van der Waals surface area contributed by atoms with E-state index >= 15 is 0 Å². The van der Waals surface area contributed by atoms with Crippen LogP contribution in [0.4, 0.5) is 10.2 Å². The monoisotopic (exact) mass is 267 g/mol. The number of hydrogen-bond acceptors (Lipinski definition) is 2. The van der Waals surface area contributed by atoms with Crippen LogP contribution in [0.3, 0.4) is 0 Å². The first kappa shape index (κ1) is 12.9. The minimum Gasteiger partial charge on any atom is -0.382 e. The average molecular weight is 268 g/mol. The van der Waals surface area contributed by atoms with Gasteiger partial charge in [-0.25, -0.2) is 4.39 Å². The second-order valence-electron chi connectivity index (χ2n) is 4.66. The van der Waals surface area contributed by atoms with E-state index in [-0.39, 0.29) is 11.6 Å². The summed E-state index contributed by atoms with van der Waals surface area (Å²) in [6, 6.07) is 4.58. The van der Waals surface area contributed by atoms with Crippen molar-refractivity contribution in [2.75, 3.05) is 5.73 Å². The zero-order valence-corrected chi connectivity index (χ0v) is 11.1. The molecule has 0 aliphatic carbocycles. The highest BCUT2D eigenvalue weighted by atomic mass is 35.5. The Morgan fingerprint density at radius 1 is 1.39 bits per heavy atom. The minimum atomic E-state index is -0.388. The van der Waals surface area contributed by atoms with Crippen LogP contribution >= 0.6 is 11.6 Å². The zero-order valence-electron chi connectivity index (χ0n) is 10.3. The Balaban J connectivity index is 2.60. The summed E-state index contributed by atoms with van der Waals surface area (Å²) in [6.07, 6.45) is 0.740. The largest absolute Gasteiger partial charge is 0.382 e. The molecule has 0 saturated carbocycles. The van der Waals surface area contributed by atoms with E-state index in [1.165, 1.54) is 6.07 Å². The fourth-order valence-corrected chi connectivity index (χ4v) is 2.22. The van der Waals surface area contributed by atoms with Gasteiger partial charge in [-0.3, -0.25) is 5.10 Å². The molecule has 18 heavy (non-hydrogen) atoms. The summed E-state index contributed by atoms with van der Waals surface area (Å²) in [4.78, 5) is 0. The lowest BCUT2D eigenvalue weighted by Crippen LogP contribution is -1.99. The van der Waals surface area contributed by atoms with Gasteiger partial charge < -0.3 is 5.73 Å². The van der Waals surface area contributed by atoms with Crippen molar-refractivity contribution in [3.05, 3.63) is 34.7 Å². The van der Waals surface area contributed by atoms with E-state index < -0.39 is 0 Å². The topological polar surface area (TPSA) is 54.7 Å². The predicted octanol–water partition coefficient (Wildman–Crippen LogP) is 3.65. The molecule has 2 aromatic rings. The first-order valence-electron chi connectivity index (χ1n) is 5.77. The van der Waals surface area contributed by atoms with Crippen molar-refractivity contribution in [2.24, 2.45) is 5.92 Å². The maximum atomic E-state index is 13.9. The summed E-state index contributed by atoms with van der Waals surface area (Å²) >= 11 is 6.06. The standard InChI is InChI=1S/C13H15ClFN3/c1-7(2)6-10-12(13(16)18-17-10)11-8(14)4-3-5-9(11)15/h3-5,7H,6H2,1-2H3,(H3,16,17,18). The van der Waals surface area contributed by atoms with Crippen LogP contribution < -0.4 is 5.73 Å². The Labute approximate surface area is 110 Å². The number of rotatable bonds is 3. The molecule has 1 aromatic heterocycles. The summed E-state index contributed by atoms with van der Waals surface area (Å²) in [7, 11) is 0. The molecule has 3 N–H and O–H groups in total. The highest BCUT2D eigenvalue weighted by molar-refractivity contribution is 6.33. The van der Waals surface area contributed by atoms with Gasteiger partial charge in [0, 0.05) is 11.3 Å². The average Bonchev–Trinajstić information content (AvgIpc) is 2.60. The van der Waals surface area contributed by atoms with Gasteiger partial charge in [0.2, 0.25) is 0 Å². The second-order valence-corrected chi connectivity index (χ2v) is 5.06. The van der Waals surface area contributed by atoms with Crippen LogP contribution in [0.1, 0.15) is 19.5 Å². The summed E-state index contributed by atoms with van der Waals surface area (Å²) in [6.45, 7) is 4.15. The van der Waals surface area contributed by atoms with E-state index in [1.807, 2.05) is 0 Å². The number of nitrogens with zero attached hydrogens (tertiary/aromatic N) is 1. The molecule has 0 radical (unpaired) electrons. The summed E-state index contributed by atoms with van der Waals surface area (Å²) in [5.74, 6) is 0.299. The van der Waals surface area contributed by atoms with Gasteiger partial charge in [0.15, 0.2) is 5.82 Å². The smallest absolute Gasteiger partial charge is 0.153 e. The molecule has 3 nitrogen and oxygen atoms in total. The van der Waals surface area contributed by atoms with Gasteiger partial charge in [0.25, 0.3) is 0 Å². The van der Waals surface area contributed by atoms with Crippen molar-refractivity contribution in [1.29, 1.82) is 0 Å². The van der Waals surface area contributed by atoms with Gasteiger partial charge in [0.1, 0.15) is 5.82 Å². The molecule has 0 unspecified atom stereocenters. The van der Waals surface area contributed by atoms with Crippen LogP contribution in [0.15, 0.2) is 18.2 Å². The molecule has 0 saturated heterocycles. The van der Waals surface area contributed by atoms with Crippen molar-refractivity contribution >= 4 is 17.4 Å². The van der Waals surface area contributed by atoms with Crippen molar-refractivity contribution in [3.63, 3.8) is 0 Å². The Hall–Kier alpha value is -1.55. The Kier molecular flexibility index (Phi) is 3.57. The van der Waals surface area contributed by atoms with Crippen LogP contribution in [-0.4, -0.2) is 10.2 Å². The van der Waals surface area contributed by atoms with Crippen LogP contribution in [0.5, 0.6) is 0 Å². The fourth-order valence-electron chi connectivity index (χ4n) is 1.97. The Morgan fingerprint density at radius 2 is 2.11 bits per heavy atom. The molecule has 0 aliphatic heterocycles. The number of nitrogens with two attached hydrogens (primary N) is 1. The summed E-state index contributed by atoms with van der Waals surface area (Å²) < 4.78 is 13.9. The second kappa shape index (κ2) is 4.98. The molecule has 0 atom stereocenters. The van der Waals surface area contributed by atoms with Crippen LogP contribution in [0, 0.1) is 11.7 Å². The fraction of sp³-hybridized carbons (Fsp3) is 0.308. The number of nitrogens with one attached hydrogen (secondary N) is 1. The first-order valence-corrected chi connectivity index (χ1v) is 6.15. The van der Waals surface area contributed by atoms with Crippen molar-refractivity contribution in [2.45, 2.75) is 20.3 Å². The number of aromatic nitrogens is 2. The number of H-pyrrole nitrogens is 1. The quantitative estimate of drug-likeness (QED) is 0.892. The van der Waals surface area contributed by atoms with Crippen molar-refractivity contribution in [3.8, 4) is 11.1 Å². The third-order valence-electron chi connectivity index (χ3n) is 2.69. The van der Waals surface area contributed by atoms with Crippen LogP contribution in [0.25, 0.3) is 11.1 Å². The molecule has 1 heterocycles. The van der Waals surface area contributed by atoms with Gasteiger partial charge in [-0.05, 0) is 24.5 Å². The molecule has 0 amide bonds. The lowest BCUT2D eigenvalue weighted by atomic mass is 9.99. The predicted molar refractivity (Wildman–Crippen MR) is 71.9 cm³/mol. The molecule has 2 rings (SSSR count). The SMILES string of the molecule is CC(C)Cc1[nH]nc(N)c1-c1c(F)cccc1Cl. The number of hydrogen-bond donors (Lipinski definition) is 2. The number of halogens is 2. The summed E-state index contributed by atoms with van der Waals surface area (Å²) in [5.41, 5.74) is 7.53. The molecule has 0 aliphatic rings.